The number of amides is 2. The summed E-state index contributed by atoms with van der Waals surface area (Å²) in [6.45, 7) is 5.58. The minimum absolute atomic E-state index is 0.0384. The molecule has 0 bridgehead atoms. The van der Waals surface area contributed by atoms with Crippen LogP contribution in [0.4, 0.5) is 4.39 Å². The predicted octanol–water partition coefficient (Wildman–Crippen LogP) is 2.91. The summed E-state index contributed by atoms with van der Waals surface area (Å²) in [6.07, 6.45) is 5.19. The van der Waals surface area contributed by atoms with E-state index in [2.05, 4.69) is 5.32 Å². The van der Waals surface area contributed by atoms with E-state index in [1.54, 1.807) is 4.90 Å². The maximum Gasteiger partial charge on any atom is 0.252 e. The highest BCUT2D eigenvalue weighted by Crippen LogP contribution is 2.31. The number of carbonyl (C=O) groups is 2. The monoisotopic (exact) mass is 453 g/mol. The van der Waals surface area contributed by atoms with E-state index in [1.807, 2.05) is 13.8 Å². The minimum atomic E-state index is -4.01. The molecule has 1 aromatic rings. The average Bonchev–Trinajstić information content (AvgIpc) is 3.31. The van der Waals surface area contributed by atoms with Gasteiger partial charge in [0.25, 0.3) is 5.91 Å². The summed E-state index contributed by atoms with van der Waals surface area (Å²) < 4.78 is 41.4. The SMILES string of the molecule is CCN(CC)C(=O)C1(NC(=O)c2ccc(F)c(S(=O)(=O)N3CCCC3)c2)CCCCC1. The molecule has 2 amide bonds. The highest BCUT2D eigenvalue weighted by molar-refractivity contribution is 7.89. The number of rotatable bonds is 7. The van der Waals surface area contributed by atoms with E-state index in [9.17, 15) is 22.4 Å². The lowest BCUT2D eigenvalue weighted by Gasteiger charge is -2.40. The molecule has 1 heterocycles. The lowest BCUT2D eigenvalue weighted by molar-refractivity contribution is -0.139. The molecule has 1 N–H and O–H groups in total. The van der Waals surface area contributed by atoms with E-state index >= 15 is 0 Å². The van der Waals surface area contributed by atoms with Crippen molar-refractivity contribution in [3.8, 4) is 0 Å². The summed E-state index contributed by atoms with van der Waals surface area (Å²) in [7, 11) is -4.01. The van der Waals surface area contributed by atoms with E-state index < -0.39 is 32.2 Å². The first-order valence-corrected chi connectivity index (χ1v) is 12.6. The van der Waals surface area contributed by atoms with Crippen molar-refractivity contribution in [1.29, 1.82) is 0 Å². The van der Waals surface area contributed by atoms with Crippen LogP contribution in [0.15, 0.2) is 23.1 Å². The fourth-order valence-electron chi connectivity index (χ4n) is 4.56. The molecular formula is C22H32FN3O4S. The number of nitrogens with one attached hydrogen (secondary N) is 1. The molecule has 0 aromatic heterocycles. The molecule has 1 saturated carbocycles. The Morgan fingerprint density at radius 3 is 2.26 bits per heavy atom. The van der Waals surface area contributed by atoms with Gasteiger partial charge >= 0.3 is 0 Å². The Balaban J connectivity index is 1.90. The van der Waals surface area contributed by atoms with Crippen LogP contribution in [0.3, 0.4) is 0 Å². The first kappa shape index (κ1) is 23.7. The number of carbonyl (C=O) groups excluding carboxylic acids is 2. The van der Waals surface area contributed by atoms with Crippen LogP contribution in [0.2, 0.25) is 0 Å². The van der Waals surface area contributed by atoms with Gasteiger partial charge in [0.2, 0.25) is 15.9 Å². The van der Waals surface area contributed by atoms with Gasteiger partial charge in [-0.25, -0.2) is 12.8 Å². The standard InChI is InChI=1S/C22H32FN3O4S/c1-3-25(4-2)21(28)22(12-6-5-7-13-22)24-20(27)17-10-11-18(23)19(16-17)31(29,30)26-14-8-9-15-26/h10-11,16H,3-9,12-15H2,1-2H3,(H,24,27). The second kappa shape index (κ2) is 9.65. The van der Waals surface area contributed by atoms with Crippen LogP contribution in [-0.4, -0.2) is 61.2 Å². The van der Waals surface area contributed by atoms with Gasteiger partial charge in [0.1, 0.15) is 16.3 Å². The highest BCUT2D eigenvalue weighted by atomic mass is 32.2. The van der Waals surface area contributed by atoms with Crippen molar-refractivity contribution < 1.29 is 22.4 Å². The molecule has 172 valence electrons. The molecule has 0 spiro atoms. The van der Waals surface area contributed by atoms with E-state index in [0.717, 1.165) is 44.2 Å². The smallest absolute Gasteiger partial charge is 0.252 e. The minimum Gasteiger partial charge on any atom is -0.341 e. The third kappa shape index (κ3) is 4.77. The molecule has 0 atom stereocenters. The molecule has 31 heavy (non-hydrogen) atoms. The molecule has 2 fully saturated rings. The first-order valence-electron chi connectivity index (χ1n) is 11.2. The lowest BCUT2D eigenvalue weighted by atomic mass is 9.80. The van der Waals surface area contributed by atoms with Crippen molar-refractivity contribution in [2.75, 3.05) is 26.2 Å². The van der Waals surface area contributed by atoms with E-state index in [0.29, 0.717) is 39.0 Å². The Labute approximate surface area is 184 Å². The van der Waals surface area contributed by atoms with Crippen molar-refractivity contribution in [3.63, 3.8) is 0 Å². The van der Waals surface area contributed by atoms with Gasteiger partial charge in [0.05, 0.1) is 0 Å². The maximum absolute atomic E-state index is 14.4. The summed E-state index contributed by atoms with van der Waals surface area (Å²) >= 11 is 0. The highest BCUT2D eigenvalue weighted by Gasteiger charge is 2.43. The van der Waals surface area contributed by atoms with Gasteiger partial charge in [-0.05, 0) is 57.7 Å². The maximum atomic E-state index is 14.4. The quantitative estimate of drug-likeness (QED) is 0.688. The van der Waals surface area contributed by atoms with Crippen molar-refractivity contribution in [2.45, 2.75) is 69.2 Å². The molecule has 7 nitrogen and oxygen atoms in total. The van der Waals surface area contributed by atoms with Crippen LogP contribution in [0.5, 0.6) is 0 Å². The van der Waals surface area contributed by atoms with Crippen molar-refractivity contribution in [2.24, 2.45) is 0 Å². The summed E-state index contributed by atoms with van der Waals surface area (Å²) in [5, 5.41) is 2.90. The van der Waals surface area contributed by atoms with Crippen molar-refractivity contribution in [3.05, 3.63) is 29.6 Å². The van der Waals surface area contributed by atoms with Crippen LogP contribution >= 0.6 is 0 Å². The largest absolute Gasteiger partial charge is 0.341 e. The van der Waals surface area contributed by atoms with Crippen molar-refractivity contribution >= 4 is 21.8 Å². The fraction of sp³-hybridized carbons (Fsp3) is 0.636. The van der Waals surface area contributed by atoms with E-state index in [-0.39, 0.29) is 11.5 Å². The van der Waals surface area contributed by atoms with Gasteiger partial charge in [0.15, 0.2) is 0 Å². The molecule has 1 saturated heterocycles. The second-order valence-electron chi connectivity index (χ2n) is 8.33. The summed E-state index contributed by atoms with van der Waals surface area (Å²) in [4.78, 5) is 27.6. The Kier molecular flexibility index (Phi) is 7.36. The molecule has 1 aliphatic carbocycles. The van der Waals surface area contributed by atoms with Gasteiger partial charge in [-0.2, -0.15) is 4.31 Å². The van der Waals surface area contributed by atoms with Gasteiger partial charge in [-0.3, -0.25) is 9.59 Å². The van der Waals surface area contributed by atoms with E-state index in [1.165, 1.54) is 10.4 Å². The number of halogens is 1. The van der Waals surface area contributed by atoms with E-state index in [4.69, 9.17) is 0 Å². The topological polar surface area (TPSA) is 86.8 Å². The zero-order valence-electron chi connectivity index (χ0n) is 18.3. The lowest BCUT2D eigenvalue weighted by Crippen LogP contribution is -2.60. The molecule has 1 aromatic carbocycles. The third-order valence-corrected chi connectivity index (χ3v) is 8.31. The number of sulfonamides is 1. The summed E-state index contributed by atoms with van der Waals surface area (Å²) in [6, 6.07) is 3.38. The van der Waals surface area contributed by atoms with Crippen LogP contribution in [0.1, 0.15) is 69.2 Å². The van der Waals surface area contributed by atoms with Gasteiger partial charge < -0.3 is 10.2 Å². The number of nitrogens with zero attached hydrogens (tertiary/aromatic N) is 2. The molecule has 1 aliphatic heterocycles. The predicted molar refractivity (Wildman–Crippen MR) is 116 cm³/mol. The normalized spacial score (nSPS) is 19.2. The average molecular weight is 454 g/mol. The Hall–Kier alpha value is -2.00. The van der Waals surface area contributed by atoms with Gasteiger partial charge in [0, 0.05) is 31.7 Å². The van der Waals surface area contributed by atoms with Crippen LogP contribution in [-0.2, 0) is 14.8 Å². The molecule has 0 unspecified atom stereocenters. The molecule has 2 aliphatic rings. The molecular weight excluding hydrogens is 421 g/mol. The van der Waals surface area contributed by atoms with Gasteiger partial charge in [-0.15, -0.1) is 0 Å². The third-order valence-electron chi connectivity index (χ3n) is 6.40. The van der Waals surface area contributed by atoms with Gasteiger partial charge in [-0.1, -0.05) is 19.3 Å². The summed E-state index contributed by atoms with van der Waals surface area (Å²) in [5.74, 6) is -1.55. The zero-order chi connectivity index (χ0) is 22.6. The van der Waals surface area contributed by atoms with Crippen molar-refractivity contribution in [1.82, 2.24) is 14.5 Å². The Morgan fingerprint density at radius 1 is 1.06 bits per heavy atom. The number of hydrogen-bond donors (Lipinski definition) is 1. The summed E-state index contributed by atoms with van der Waals surface area (Å²) in [5.41, 5.74) is -0.972. The molecule has 0 radical (unpaired) electrons. The Bertz CT molecular complexity index is 919. The van der Waals surface area contributed by atoms with Crippen LogP contribution in [0.25, 0.3) is 0 Å². The number of benzene rings is 1. The van der Waals surface area contributed by atoms with Crippen LogP contribution < -0.4 is 5.32 Å². The number of likely N-dealkylation sites (N-methyl/N-ethyl adjacent to an activating group) is 1. The number of hydrogen-bond acceptors (Lipinski definition) is 4. The second-order valence-corrected chi connectivity index (χ2v) is 10.2. The molecule has 9 heteroatoms. The first-order chi connectivity index (χ1) is 14.7. The molecule has 3 rings (SSSR count). The Morgan fingerprint density at radius 2 is 1.68 bits per heavy atom. The van der Waals surface area contributed by atoms with Crippen LogP contribution in [0, 0.1) is 5.82 Å². The zero-order valence-corrected chi connectivity index (χ0v) is 19.1. The fourth-order valence-corrected chi connectivity index (χ4v) is 6.17.